The molecule has 0 aliphatic heterocycles. The van der Waals surface area contributed by atoms with Crippen molar-refractivity contribution in [3.63, 3.8) is 0 Å². The largest absolute Gasteiger partial charge is 0.477 e. The topological polar surface area (TPSA) is 116 Å². The van der Waals surface area contributed by atoms with Crippen molar-refractivity contribution in [3.05, 3.63) is 24.0 Å². The van der Waals surface area contributed by atoms with Crippen LogP contribution >= 0.6 is 0 Å². The molecule has 0 amide bonds. The Morgan fingerprint density at radius 2 is 2.28 bits per heavy atom. The molecular weight excluding hydrogens is 262 g/mol. The molecule has 1 unspecified atom stereocenters. The van der Waals surface area contributed by atoms with E-state index in [2.05, 4.69) is 14.3 Å². The molecule has 18 heavy (non-hydrogen) atoms. The number of carbonyl (C=O) groups is 1. The van der Waals surface area contributed by atoms with Gasteiger partial charge in [-0.05, 0) is 6.07 Å². The van der Waals surface area contributed by atoms with Crippen LogP contribution in [-0.4, -0.2) is 36.9 Å². The standard InChI is InChI=1S/C9H9N3O5S/c1-12(17-18(15)16)8-3-6-5(4-10-8)2-7(11-6)9(13)14/h2-4,11H,1H3,(H,13,14)(H,15,16). The molecular formula is C9H9N3O5S. The second-order valence-corrected chi connectivity index (χ2v) is 3.99. The van der Waals surface area contributed by atoms with E-state index < -0.39 is 17.3 Å². The highest BCUT2D eigenvalue weighted by Gasteiger charge is 2.11. The number of pyridine rings is 1. The van der Waals surface area contributed by atoms with Crippen molar-refractivity contribution in [2.75, 3.05) is 12.1 Å². The van der Waals surface area contributed by atoms with Crippen LogP contribution in [-0.2, 0) is 15.6 Å². The minimum absolute atomic E-state index is 0.0401. The molecule has 0 radical (unpaired) electrons. The number of anilines is 1. The normalized spacial score (nSPS) is 12.6. The Balaban J connectivity index is 2.37. The number of hydrogen-bond donors (Lipinski definition) is 3. The first-order chi connectivity index (χ1) is 8.47. The van der Waals surface area contributed by atoms with Gasteiger partial charge in [0.2, 0.25) is 0 Å². The van der Waals surface area contributed by atoms with Crippen LogP contribution in [0.5, 0.6) is 0 Å². The number of aromatic amines is 1. The second kappa shape index (κ2) is 4.72. The number of nitrogens with zero attached hydrogens (tertiary/aromatic N) is 2. The summed E-state index contributed by atoms with van der Waals surface area (Å²) in [4.78, 5) is 17.4. The van der Waals surface area contributed by atoms with Crippen molar-refractivity contribution >= 4 is 34.1 Å². The quantitative estimate of drug-likeness (QED) is 0.555. The molecule has 1 atom stereocenters. The van der Waals surface area contributed by atoms with Crippen LogP contribution in [0.4, 0.5) is 5.82 Å². The summed E-state index contributed by atoms with van der Waals surface area (Å²) in [5.41, 5.74) is 0.579. The number of carboxylic acids is 1. The Morgan fingerprint density at radius 3 is 2.89 bits per heavy atom. The Labute approximate surface area is 104 Å². The summed E-state index contributed by atoms with van der Waals surface area (Å²) in [6.07, 6.45) is 1.44. The number of H-pyrrole nitrogens is 1. The van der Waals surface area contributed by atoms with Gasteiger partial charge in [-0.1, -0.05) is 0 Å². The highest BCUT2D eigenvalue weighted by Crippen LogP contribution is 2.19. The smallest absolute Gasteiger partial charge is 0.352 e. The lowest BCUT2D eigenvalue weighted by atomic mass is 10.3. The first kappa shape index (κ1) is 12.5. The molecule has 0 bridgehead atoms. The number of hydroxylamine groups is 1. The molecule has 2 aromatic rings. The molecule has 3 N–H and O–H groups in total. The van der Waals surface area contributed by atoms with Crippen molar-refractivity contribution in [1.29, 1.82) is 0 Å². The minimum atomic E-state index is -2.45. The van der Waals surface area contributed by atoms with Gasteiger partial charge < -0.3 is 10.1 Å². The number of aromatic carboxylic acids is 1. The Kier molecular flexibility index (Phi) is 3.28. The third-order valence-corrected chi connectivity index (χ3v) is 2.57. The minimum Gasteiger partial charge on any atom is -0.477 e. The Hall–Kier alpha value is -1.97. The third-order valence-electron chi connectivity index (χ3n) is 2.22. The Morgan fingerprint density at radius 1 is 1.56 bits per heavy atom. The van der Waals surface area contributed by atoms with Gasteiger partial charge >= 0.3 is 17.3 Å². The lowest BCUT2D eigenvalue weighted by Gasteiger charge is -2.13. The Bertz CT molecular complexity index is 626. The predicted octanol–water partition coefficient (Wildman–Crippen LogP) is 0.766. The molecule has 0 aromatic carbocycles. The second-order valence-electron chi connectivity index (χ2n) is 3.41. The molecule has 2 heterocycles. The zero-order valence-corrected chi connectivity index (χ0v) is 9.97. The van der Waals surface area contributed by atoms with E-state index in [1.807, 2.05) is 0 Å². The fourth-order valence-corrected chi connectivity index (χ4v) is 1.70. The number of nitrogens with one attached hydrogen (secondary N) is 1. The summed E-state index contributed by atoms with van der Waals surface area (Å²) in [5, 5.41) is 10.5. The lowest BCUT2D eigenvalue weighted by molar-refractivity contribution is 0.0691. The van der Waals surface area contributed by atoms with Crippen LogP contribution < -0.4 is 5.06 Å². The number of rotatable bonds is 4. The maximum absolute atomic E-state index is 10.8. The summed E-state index contributed by atoms with van der Waals surface area (Å²) < 4.78 is 23.6. The van der Waals surface area contributed by atoms with E-state index in [1.54, 1.807) is 0 Å². The summed E-state index contributed by atoms with van der Waals surface area (Å²) in [7, 11) is 1.41. The zero-order valence-electron chi connectivity index (χ0n) is 9.15. The van der Waals surface area contributed by atoms with Gasteiger partial charge in [0.25, 0.3) is 0 Å². The third kappa shape index (κ3) is 2.47. The molecule has 9 heteroatoms. The van der Waals surface area contributed by atoms with Crippen molar-refractivity contribution in [2.45, 2.75) is 0 Å². The molecule has 2 aromatic heterocycles. The number of fused-ring (bicyclic) bond motifs is 1. The molecule has 8 nitrogen and oxygen atoms in total. The van der Waals surface area contributed by atoms with Gasteiger partial charge in [-0.15, -0.1) is 4.28 Å². The van der Waals surface area contributed by atoms with Gasteiger partial charge in [-0.3, -0.25) is 4.55 Å². The average molecular weight is 271 g/mol. The van der Waals surface area contributed by atoms with Gasteiger partial charge in [0.15, 0.2) is 5.82 Å². The first-order valence-electron chi connectivity index (χ1n) is 4.72. The van der Waals surface area contributed by atoms with Crippen LogP contribution in [0, 0.1) is 0 Å². The highest BCUT2D eigenvalue weighted by molar-refractivity contribution is 7.74. The van der Waals surface area contributed by atoms with Crippen LogP contribution in [0.1, 0.15) is 10.5 Å². The van der Waals surface area contributed by atoms with Crippen LogP contribution in [0.15, 0.2) is 18.3 Å². The van der Waals surface area contributed by atoms with E-state index in [0.29, 0.717) is 10.9 Å². The molecule has 2 rings (SSSR count). The van der Waals surface area contributed by atoms with E-state index in [1.165, 1.54) is 25.4 Å². The molecule has 0 spiro atoms. The van der Waals surface area contributed by atoms with Gasteiger partial charge in [0.1, 0.15) is 5.69 Å². The fourth-order valence-electron chi connectivity index (χ4n) is 1.44. The van der Waals surface area contributed by atoms with Crippen molar-refractivity contribution in [2.24, 2.45) is 0 Å². The molecule has 0 aliphatic carbocycles. The van der Waals surface area contributed by atoms with Crippen molar-refractivity contribution < 1.29 is 22.9 Å². The van der Waals surface area contributed by atoms with Gasteiger partial charge in [0, 0.05) is 24.7 Å². The van der Waals surface area contributed by atoms with E-state index in [4.69, 9.17) is 9.66 Å². The number of hydrogen-bond acceptors (Lipinski definition) is 5. The predicted molar refractivity (Wildman–Crippen MR) is 63.3 cm³/mol. The fraction of sp³-hybridized carbons (Fsp3) is 0.111. The summed E-state index contributed by atoms with van der Waals surface area (Å²) in [5.74, 6) is -0.808. The van der Waals surface area contributed by atoms with Gasteiger partial charge in [-0.25, -0.2) is 14.8 Å². The molecule has 0 aliphatic rings. The molecule has 0 saturated heterocycles. The van der Waals surface area contributed by atoms with Crippen LogP contribution in [0.2, 0.25) is 0 Å². The van der Waals surface area contributed by atoms with E-state index in [0.717, 1.165) is 5.06 Å². The van der Waals surface area contributed by atoms with Crippen LogP contribution in [0.25, 0.3) is 10.9 Å². The van der Waals surface area contributed by atoms with Crippen molar-refractivity contribution in [3.8, 4) is 0 Å². The highest BCUT2D eigenvalue weighted by atomic mass is 32.2. The maximum Gasteiger partial charge on any atom is 0.352 e. The molecule has 96 valence electrons. The van der Waals surface area contributed by atoms with Gasteiger partial charge in [-0.2, -0.15) is 4.21 Å². The number of aromatic nitrogens is 2. The van der Waals surface area contributed by atoms with Crippen LogP contribution in [0.3, 0.4) is 0 Å². The van der Waals surface area contributed by atoms with E-state index in [9.17, 15) is 9.00 Å². The zero-order chi connectivity index (χ0) is 13.3. The lowest BCUT2D eigenvalue weighted by Crippen LogP contribution is -2.19. The van der Waals surface area contributed by atoms with E-state index >= 15 is 0 Å². The van der Waals surface area contributed by atoms with Crippen molar-refractivity contribution in [1.82, 2.24) is 9.97 Å². The molecule has 0 fully saturated rings. The van der Waals surface area contributed by atoms with Gasteiger partial charge in [0.05, 0.1) is 5.52 Å². The first-order valence-corrected chi connectivity index (χ1v) is 5.75. The van der Waals surface area contributed by atoms with E-state index in [-0.39, 0.29) is 11.5 Å². The maximum atomic E-state index is 10.8. The number of carboxylic acid groups (broad SMARTS) is 1. The average Bonchev–Trinajstić information content (AvgIpc) is 2.70. The summed E-state index contributed by atoms with van der Waals surface area (Å²) in [6.45, 7) is 0. The summed E-state index contributed by atoms with van der Waals surface area (Å²) in [6, 6.07) is 2.95. The molecule has 0 saturated carbocycles. The SMILES string of the molecule is CN(OS(=O)O)c1cc2[nH]c(C(=O)O)cc2cn1. The summed E-state index contributed by atoms with van der Waals surface area (Å²) >= 11 is -2.45. The monoisotopic (exact) mass is 271 g/mol.